The van der Waals surface area contributed by atoms with Crippen molar-refractivity contribution in [3.05, 3.63) is 53.0 Å². The predicted molar refractivity (Wildman–Crippen MR) is 73.3 cm³/mol. The third-order valence-corrected chi connectivity index (χ3v) is 3.07. The lowest BCUT2D eigenvalue weighted by Gasteiger charge is -2.05. The molecular formula is C13H10BrN3O. The number of anilines is 1. The quantitative estimate of drug-likeness (QED) is 0.803. The molecule has 0 amide bonds. The number of hydrogen-bond acceptors (Lipinski definition) is 4. The molecule has 3 aromatic rings. The molecule has 0 aliphatic carbocycles. The molecule has 3 rings (SSSR count). The van der Waals surface area contributed by atoms with Crippen LogP contribution in [0.3, 0.4) is 0 Å². The summed E-state index contributed by atoms with van der Waals surface area (Å²) in [5.74, 6) is 0.843. The summed E-state index contributed by atoms with van der Waals surface area (Å²) in [7, 11) is 0. The molecule has 90 valence electrons. The standard InChI is InChI=1S/C13H10BrN3O/c14-10-2-4-13(16-7-10)15-6-9-1-3-11-12(5-9)18-8-17-11/h1-5,7-8H,6H2,(H,15,16). The third kappa shape index (κ3) is 2.36. The molecule has 0 saturated carbocycles. The maximum Gasteiger partial charge on any atom is 0.181 e. The van der Waals surface area contributed by atoms with Gasteiger partial charge in [-0.05, 0) is 45.8 Å². The monoisotopic (exact) mass is 303 g/mol. The number of halogens is 1. The first-order valence-electron chi connectivity index (χ1n) is 5.49. The number of rotatable bonds is 3. The molecule has 0 fully saturated rings. The van der Waals surface area contributed by atoms with Crippen LogP contribution in [0.15, 0.2) is 51.8 Å². The molecule has 0 bridgehead atoms. The molecule has 18 heavy (non-hydrogen) atoms. The van der Waals surface area contributed by atoms with E-state index < -0.39 is 0 Å². The van der Waals surface area contributed by atoms with E-state index in [1.807, 2.05) is 30.3 Å². The summed E-state index contributed by atoms with van der Waals surface area (Å²) in [6.07, 6.45) is 3.22. The molecule has 1 N–H and O–H groups in total. The van der Waals surface area contributed by atoms with Crippen LogP contribution in [0.4, 0.5) is 5.82 Å². The number of oxazole rings is 1. The molecule has 1 aromatic carbocycles. The number of fused-ring (bicyclic) bond motifs is 1. The lowest BCUT2D eigenvalue weighted by Crippen LogP contribution is -2.00. The molecule has 0 aliphatic heterocycles. The number of benzene rings is 1. The molecular weight excluding hydrogens is 294 g/mol. The number of aromatic nitrogens is 2. The summed E-state index contributed by atoms with van der Waals surface area (Å²) in [5.41, 5.74) is 2.81. The molecule has 2 heterocycles. The van der Waals surface area contributed by atoms with Crippen LogP contribution in [0.5, 0.6) is 0 Å². The average molecular weight is 304 g/mol. The highest BCUT2D eigenvalue weighted by Gasteiger charge is 2.00. The minimum Gasteiger partial charge on any atom is -0.443 e. The van der Waals surface area contributed by atoms with Crippen molar-refractivity contribution in [1.82, 2.24) is 9.97 Å². The highest BCUT2D eigenvalue weighted by Crippen LogP contribution is 2.16. The Kier molecular flexibility index (Phi) is 2.98. The van der Waals surface area contributed by atoms with Gasteiger partial charge in [0.2, 0.25) is 0 Å². The van der Waals surface area contributed by atoms with Crippen LogP contribution in [0.1, 0.15) is 5.56 Å². The topological polar surface area (TPSA) is 51.0 Å². The van der Waals surface area contributed by atoms with Crippen molar-refractivity contribution in [2.24, 2.45) is 0 Å². The summed E-state index contributed by atoms with van der Waals surface area (Å²) < 4.78 is 6.23. The summed E-state index contributed by atoms with van der Waals surface area (Å²) >= 11 is 3.35. The van der Waals surface area contributed by atoms with Crippen LogP contribution < -0.4 is 5.32 Å². The van der Waals surface area contributed by atoms with Gasteiger partial charge in [0, 0.05) is 17.2 Å². The highest BCUT2D eigenvalue weighted by molar-refractivity contribution is 9.10. The third-order valence-electron chi connectivity index (χ3n) is 2.60. The van der Waals surface area contributed by atoms with Crippen molar-refractivity contribution in [2.75, 3.05) is 5.32 Å². The van der Waals surface area contributed by atoms with E-state index in [1.165, 1.54) is 6.39 Å². The number of pyridine rings is 1. The SMILES string of the molecule is Brc1ccc(NCc2ccc3ncoc3c2)nc1. The summed E-state index contributed by atoms with van der Waals surface area (Å²) in [6.45, 7) is 0.700. The van der Waals surface area contributed by atoms with Crippen LogP contribution in [-0.2, 0) is 6.54 Å². The first-order valence-corrected chi connectivity index (χ1v) is 6.28. The fraction of sp³-hybridized carbons (Fsp3) is 0.0769. The minimum absolute atomic E-state index is 0.700. The molecule has 0 aliphatic rings. The second-order valence-electron chi connectivity index (χ2n) is 3.87. The minimum atomic E-state index is 0.700. The zero-order chi connectivity index (χ0) is 12.4. The zero-order valence-corrected chi connectivity index (χ0v) is 11.0. The smallest absolute Gasteiger partial charge is 0.181 e. The summed E-state index contributed by atoms with van der Waals surface area (Å²) in [5, 5.41) is 3.25. The Morgan fingerprint density at radius 2 is 2.11 bits per heavy atom. The van der Waals surface area contributed by atoms with E-state index >= 15 is 0 Å². The van der Waals surface area contributed by atoms with Gasteiger partial charge in [0.15, 0.2) is 12.0 Å². The van der Waals surface area contributed by atoms with Gasteiger partial charge in [0.25, 0.3) is 0 Å². The Bertz CT molecular complexity index is 663. The molecule has 5 heteroatoms. The van der Waals surface area contributed by atoms with Gasteiger partial charge >= 0.3 is 0 Å². The Labute approximate surface area is 112 Å². The Hall–Kier alpha value is -1.88. The van der Waals surface area contributed by atoms with E-state index in [0.29, 0.717) is 6.54 Å². The largest absolute Gasteiger partial charge is 0.443 e. The van der Waals surface area contributed by atoms with Gasteiger partial charge in [-0.3, -0.25) is 0 Å². The first-order chi connectivity index (χ1) is 8.81. The van der Waals surface area contributed by atoms with Gasteiger partial charge in [-0.2, -0.15) is 0 Å². The van der Waals surface area contributed by atoms with Gasteiger partial charge in [-0.15, -0.1) is 0 Å². The van der Waals surface area contributed by atoms with Gasteiger partial charge < -0.3 is 9.73 Å². The van der Waals surface area contributed by atoms with Crippen molar-refractivity contribution in [3.63, 3.8) is 0 Å². The Morgan fingerprint density at radius 1 is 1.17 bits per heavy atom. The first kappa shape index (κ1) is 11.2. The zero-order valence-electron chi connectivity index (χ0n) is 9.43. The van der Waals surface area contributed by atoms with E-state index in [2.05, 4.69) is 31.2 Å². The normalized spacial score (nSPS) is 10.7. The van der Waals surface area contributed by atoms with E-state index in [-0.39, 0.29) is 0 Å². The maximum atomic E-state index is 5.27. The van der Waals surface area contributed by atoms with Gasteiger partial charge in [-0.25, -0.2) is 9.97 Å². The van der Waals surface area contributed by atoms with Crippen LogP contribution in [0, 0.1) is 0 Å². The van der Waals surface area contributed by atoms with Crippen molar-refractivity contribution in [2.45, 2.75) is 6.54 Å². The highest BCUT2D eigenvalue weighted by atomic mass is 79.9. The second kappa shape index (κ2) is 4.78. The average Bonchev–Trinajstić information content (AvgIpc) is 2.85. The molecule has 0 spiro atoms. The molecule has 0 atom stereocenters. The van der Waals surface area contributed by atoms with Gasteiger partial charge in [0.05, 0.1) is 0 Å². The fourth-order valence-electron chi connectivity index (χ4n) is 1.68. The number of nitrogens with one attached hydrogen (secondary N) is 1. The fourth-order valence-corrected chi connectivity index (χ4v) is 1.92. The lowest BCUT2D eigenvalue weighted by atomic mass is 10.2. The molecule has 2 aromatic heterocycles. The van der Waals surface area contributed by atoms with Crippen LogP contribution in [0.2, 0.25) is 0 Å². The van der Waals surface area contributed by atoms with E-state index in [1.54, 1.807) is 6.20 Å². The number of hydrogen-bond donors (Lipinski definition) is 1. The Balaban J connectivity index is 1.74. The molecule has 0 unspecified atom stereocenters. The molecule has 0 radical (unpaired) electrons. The van der Waals surface area contributed by atoms with Crippen LogP contribution in [-0.4, -0.2) is 9.97 Å². The van der Waals surface area contributed by atoms with E-state index in [9.17, 15) is 0 Å². The van der Waals surface area contributed by atoms with Crippen molar-refractivity contribution >= 4 is 32.8 Å². The second-order valence-corrected chi connectivity index (χ2v) is 4.79. The maximum absolute atomic E-state index is 5.27. The molecule has 0 saturated heterocycles. The van der Waals surface area contributed by atoms with Gasteiger partial charge in [0.1, 0.15) is 11.3 Å². The van der Waals surface area contributed by atoms with Gasteiger partial charge in [-0.1, -0.05) is 6.07 Å². The van der Waals surface area contributed by atoms with Crippen molar-refractivity contribution in [3.8, 4) is 0 Å². The van der Waals surface area contributed by atoms with Crippen molar-refractivity contribution < 1.29 is 4.42 Å². The molecule has 4 nitrogen and oxygen atoms in total. The number of nitrogens with zero attached hydrogens (tertiary/aromatic N) is 2. The summed E-state index contributed by atoms with van der Waals surface area (Å²) in [6, 6.07) is 9.84. The van der Waals surface area contributed by atoms with E-state index in [4.69, 9.17) is 4.42 Å². The Morgan fingerprint density at radius 3 is 2.94 bits per heavy atom. The van der Waals surface area contributed by atoms with Crippen LogP contribution >= 0.6 is 15.9 Å². The van der Waals surface area contributed by atoms with Crippen molar-refractivity contribution in [1.29, 1.82) is 0 Å². The summed E-state index contributed by atoms with van der Waals surface area (Å²) in [4.78, 5) is 8.34. The predicted octanol–water partition coefficient (Wildman–Crippen LogP) is 3.60. The van der Waals surface area contributed by atoms with E-state index in [0.717, 1.165) is 27.0 Å². The lowest BCUT2D eigenvalue weighted by molar-refractivity contribution is 0.602. The van der Waals surface area contributed by atoms with Crippen LogP contribution in [0.25, 0.3) is 11.1 Å².